The van der Waals surface area contributed by atoms with Gasteiger partial charge in [0.05, 0.1) is 0 Å². The Morgan fingerprint density at radius 1 is 1.19 bits per heavy atom. The van der Waals surface area contributed by atoms with Crippen molar-refractivity contribution in [1.82, 2.24) is 0 Å². The highest BCUT2D eigenvalue weighted by Gasteiger charge is 2.15. The molecule has 2 nitrogen and oxygen atoms in total. The summed E-state index contributed by atoms with van der Waals surface area (Å²) in [5, 5.41) is 18.5. The van der Waals surface area contributed by atoms with Crippen LogP contribution in [-0.2, 0) is 6.42 Å². The third kappa shape index (κ3) is 4.28. The molecule has 0 aliphatic heterocycles. The summed E-state index contributed by atoms with van der Waals surface area (Å²) < 4.78 is 0.988. The van der Waals surface area contributed by atoms with Crippen LogP contribution in [0.1, 0.15) is 38.2 Å². The molecule has 1 rings (SSSR count). The molecule has 0 unspecified atom stereocenters. The zero-order chi connectivity index (χ0) is 12.0. The van der Waals surface area contributed by atoms with Gasteiger partial charge in [0.15, 0.2) is 0 Å². The van der Waals surface area contributed by atoms with Crippen molar-refractivity contribution in [2.24, 2.45) is 0 Å². The molecule has 0 amide bonds. The van der Waals surface area contributed by atoms with Gasteiger partial charge in [0, 0.05) is 4.47 Å². The molecular weight excluding hydrogens is 267 g/mol. The van der Waals surface area contributed by atoms with Crippen molar-refractivity contribution in [3.8, 4) is 0 Å². The van der Waals surface area contributed by atoms with Gasteiger partial charge in [-0.2, -0.15) is 0 Å². The van der Waals surface area contributed by atoms with E-state index < -0.39 is 7.12 Å². The van der Waals surface area contributed by atoms with Crippen molar-refractivity contribution in [2.75, 3.05) is 0 Å². The first-order valence-electron chi connectivity index (χ1n) is 5.79. The molecule has 0 aliphatic rings. The lowest BCUT2D eigenvalue weighted by atomic mass is 9.76. The summed E-state index contributed by atoms with van der Waals surface area (Å²) in [4.78, 5) is 0. The van der Waals surface area contributed by atoms with Crippen LogP contribution in [0.25, 0.3) is 0 Å². The quantitative estimate of drug-likeness (QED) is 0.621. The minimum Gasteiger partial charge on any atom is -0.423 e. The minimum atomic E-state index is -1.37. The SMILES string of the molecule is CCCCCCc1cc(Br)ccc1B(O)O. The van der Waals surface area contributed by atoms with Crippen molar-refractivity contribution in [1.29, 1.82) is 0 Å². The Labute approximate surface area is 106 Å². The highest BCUT2D eigenvalue weighted by molar-refractivity contribution is 9.10. The molecule has 0 fully saturated rings. The molecule has 4 heteroatoms. The van der Waals surface area contributed by atoms with Crippen LogP contribution < -0.4 is 5.46 Å². The Morgan fingerprint density at radius 2 is 1.94 bits per heavy atom. The third-order valence-corrected chi connectivity index (χ3v) is 3.18. The molecule has 0 radical (unpaired) electrons. The first kappa shape index (κ1) is 13.7. The van der Waals surface area contributed by atoms with Gasteiger partial charge in [0.2, 0.25) is 0 Å². The lowest BCUT2D eigenvalue weighted by molar-refractivity contribution is 0.425. The molecule has 0 aromatic heterocycles. The number of unbranched alkanes of at least 4 members (excludes halogenated alkanes) is 3. The number of benzene rings is 1. The van der Waals surface area contributed by atoms with Crippen molar-refractivity contribution in [3.05, 3.63) is 28.2 Å². The van der Waals surface area contributed by atoms with E-state index in [4.69, 9.17) is 0 Å². The number of halogens is 1. The molecule has 1 aromatic carbocycles. The number of hydrogen-bond donors (Lipinski definition) is 2. The highest BCUT2D eigenvalue weighted by atomic mass is 79.9. The maximum Gasteiger partial charge on any atom is 0.488 e. The summed E-state index contributed by atoms with van der Waals surface area (Å²) in [6.45, 7) is 2.18. The summed E-state index contributed by atoms with van der Waals surface area (Å²) in [5.41, 5.74) is 1.65. The molecule has 1 aromatic rings. The van der Waals surface area contributed by atoms with Crippen LogP contribution >= 0.6 is 15.9 Å². The molecule has 0 aliphatic carbocycles. The standard InChI is InChI=1S/C12H18BBrO2/c1-2-3-4-5-6-10-9-11(14)7-8-12(10)13(15)16/h7-9,15-16H,2-6H2,1H3. The van der Waals surface area contributed by atoms with Crippen molar-refractivity contribution >= 4 is 28.5 Å². The maximum atomic E-state index is 9.24. The molecule has 0 spiro atoms. The van der Waals surface area contributed by atoms with Crippen LogP contribution in [0.3, 0.4) is 0 Å². The summed E-state index contributed by atoms with van der Waals surface area (Å²) in [6, 6.07) is 5.58. The second kappa shape index (κ2) is 7.10. The Balaban J connectivity index is 2.65. The lowest BCUT2D eigenvalue weighted by Crippen LogP contribution is -2.33. The van der Waals surface area contributed by atoms with Gasteiger partial charge >= 0.3 is 7.12 Å². The molecule has 0 atom stereocenters. The van der Waals surface area contributed by atoms with E-state index in [9.17, 15) is 10.0 Å². The topological polar surface area (TPSA) is 40.5 Å². The van der Waals surface area contributed by atoms with E-state index in [0.29, 0.717) is 5.46 Å². The summed E-state index contributed by atoms with van der Waals surface area (Å²) in [5.74, 6) is 0. The Kier molecular flexibility index (Phi) is 6.10. The molecule has 2 N–H and O–H groups in total. The van der Waals surface area contributed by atoms with Gasteiger partial charge in [-0.3, -0.25) is 0 Å². The predicted octanol–water partition coefficient (Wildman–Crippen LogP) is 2.25. The van der Waals surface area contributed by atoms with E-state index in [-0.39, 0.29) is 0 Å². The molecular formula is C12H18BBrO2. The lowest BCUT2D eigenvalue weighted by Gasteiger charge is -2.09. The summed E-state index contributed by atoms with van der Waals surface area (Å²) in [7, 11) is -1.37. The van der Waals surface area contributed by atoms with Crippen molar-refractivity contribution < 1.29 is 10.0 Å². The van der Waals surface area contributed by atoms with Gasteiger partial charge in [-0.15, -0.1) is 0 Å². The first-order chi connectivity index (χ1) is 7.65. The van der Waals surface area contributed by atoms with E-state index >= 15 is 0 Å². The third-order valence-electron chi connectivity index (χ3n) is 2.68. The van der Waals surface area contributed by atoms with Gasteiger partial charge in [0.25, 0.3) is 0 Å². The number of aryl methyl sites for hydroxylation is 1. The van der Waals surface area contributed by atoms with E-state index in [0.717, 1.165) is 22.9 Å². The predicted molar refractivity (Wildman–Crippen MR) is 71.8 cm³/mol. The first-order valence-corrected chi connectivity index (χ1v) is 6.59. The monoisotopic (exact) mass is 284 g/mol. The molecule has 0 saturated heterocycles. The normalized spacial score (nSPS) is 10.5. The zero-order valence-electron chi connectivity index (χ0n) is 9.62. The van der Waals surface area contributed by atoms with E-state index in [1.54, 1.807) is 6.07 Å². The average molecular weight is 285 g/mol. The molecule has 0 heterocycles. The Hall–Kier alpha value is -0.315. The number of rotatable bonds is 6. The van der Waals surface area contributed by atoms with Crippen LogP contribution in [0.5, 0.6) is 0 Å². The average Bonchev–Trinajstić information content (AvgIpc) is 2.24. The van der Waals surface area contributed by atoms with Crippen LogP contribution in [0.15, 0.2) is 22.7 Å². The fourth-order valence-electron chi connectivity index (χ4n) is 1.78. The van der Waals surface area contributed by atoms with Crippen LogP contribution in [0.2, 0.25) is 0 Å². The second-order valence-electron chi connectivity index (χ2n) is 4.03. The fourth-order valence-corrected chi connectivity index (χ4v) is 2.19. The van der Waals surface area contributed by atoms with Crippen molar-refractivity contribution in [2.45, 2.75) is 39.0 Å². The summed E-state index contributed by atoms with van der Waals surface area (Å²) >= 11 is 3.40. The van der Waals surface area contributed by atoms with E-state index in [2.05, 4.69) is 22.9 Å². The van der Waals surface area contributed by atoms with Gasteiger partial charge in [-0.05, 0) is 36.0 Å². The smallest absolute Gasteiger partial charge is 0.423 e. The second-order valence-corrected chi connectivity index (χ2v) is 4.94. The Bertz CT molecular complexity index is 329. The van der Waals surface area contributed by atoms with E-state index in [1.807, 2.05) is 12.1 Å². The molecule has 88 valence electrons. The van der Waals surface area contributed by atoms with Crippen molar-refractivity contribution in [3.63, 3.8) is 0 Å². The van der Waals surface area contributed by atoms with Crippen LogP contribution in [0, 0.1) is 0 Å². The Morgan fingerprint density at radius 3 is 2.56 bits per heavy atom. The molecule has 0 saturated carbocycles. The van der Waals surface area contributed by atoms with Crippen LogP contribution in [-0.4, -0.2) is 17.2 Å². The number of hydrogen-bond acceptors (Lipinski definition) is 2. The van der Waals surface area contributed by atoms with E-state index in [1.165, 1.54) is 19.3 Å². The van der Waals surface area contributed by atoms with Gasteiger partial charge in [-0.25, -0.2) is 0 Å². The fraction of sp³-hybridized carbons (Fsp3) is 0.500. The molecule has 0 bridgehead atoms. The summed E-state index contributed by atoms with van der Waals surface area (Å²) in [6.07, 6.45) is 5.67. The highest BCUT2D eigenvalue weighted by Crippen LogP contribution is 2.13. The minimum absolute atomic E-state index is 0.625. The maximum absolute atomic E-state index is 9.24. The zero-order valence-corrected chi connectivity index (χ0v) is 11.2. The van der Waals surface area contributed by atoms with Gasteiger partial charge < -0.3 is 10.0 Å². The van der Waals surface area contributed by atoms with Gasteiger partial charge in [-0.1, -0.05) is 48.2 Å². The largest absolute Gasteiger partial charge is 0.488 e. The van der Waals surface area contributed by atoms with Gasteiger partial charge in [0.1, 0.15) is 0 Å². The van der Waals surface area contributed by atoms with Crippen LogP contribution in [0.4, 0.5) is 0 Å². The molecule has 16 heavy (non-hydrogen) atoms.